The summed E-state index contributed by atoms with van der Waals surface area (Å²) in [5.41, 5.74) is -1.06. The highest BCUT2D eigenvalue weighted by Crippen LogP contribution is 2.12. The molecule has 0 aromatic carbocycles. The molecule has 13 heavy (non-hydrogen) atoms. The highest BCUT2D eigenvalue weighted by molar-refractivity contribution is 7.98. The van der Waals surface area contributed by atoms with Gasteiger partial charge in [-0.25, -0.2) is 4.98 Å². The van der Waals surface area contributed by atoms with Crippen LogP contribution in [0.2, 0.25) is 0 Å². The lowest BCUT2D eigenvalue weighted by Gasteiger charge is -1.97. The van der Waals surface area contributed by atoms with Gasteiger partial charge in [0, 0.05) is 0 Å². The van der Waals surface area contributed by atoms with Crippen molar-refractivity contribution in [2.75, 3.05) is 6.26 Å². The fourth-order valence-electron chi connectivity index (χ4n) is 0.866. The second kappa shape index (κ2) is 3.56. The molecule has 0 atom stereocenters. The van der Waals surface area contributed by atoms with Gasteiger partial charge in [-0.05, 0) is 13.2 Å². The maximum Gasteiger partial charge on any atom is 0.354 e. The van der Waals surface area contributed by atoms with Crippen LogP contribution >= 0.6 is 11.8 Å². The third-order valence-electron chi connectivity index (χ3n) is 1.42. The molecule has 0 aliphatic carbocycles. The second-order valence-electron chi connectivity index (χ2n) is 2.27. The van der Waals surface area contributed by atoms with E-state index in [1.165, 1.54) is 18.7 Å². The van der Waals surface area contributed by atoms with Gasteiger partial charge in [-0.2, -0.15) is 0 Å². The zero-order valence-electron chi connectivity index (χ0n) is 7.03. The molecule has 1 aromatic rings. The summed E-state index contributed by atoms with van der Waals surface area (Å²) < 4.78 is 0. The maximum atomic E-state index is 11.1. The number of aryl methyl sites for hydroxylation is 1. The van der Waals surface area contributed by atoms with E-state index in [0.717, 1.165) is 0 Å². The van der Waals surface area contributed by atoms with E-state index in [9.17, 15) is 14.9 Å². The van der Waals surface area contributed by atoms with Crippen LogP contribution in [0, 0.1) is 17.0 Å². The first-order valence-electron chi connectivity index (χ1n) is 3.35. The van der Waals surface area contributed by atoms with Crippen LogP contribution in [0.3, 0.4) is 0 Å². The Balaban J connectivity index is 3.40. The molecule has 0 saturated carbocycles. The lowest BCUT2D eigenvalue weighted by molar-refractivity contribution is -0.387. The SMILES string of the molecule is CSc1nc(C)c([N+](=O)[O-])c(=O)[nH]1. The Morgan fingerprint density at radius 1 is 1.62 bits per heavy atom. The number of hydrogen-bond acceptors (Lipinski definition) is 5. The highest BCUT2D eigenvalue weighted by atomic mass is 32.2. The van der Waals surface area contributed by atoms with E-state index in [1.54, 1.807) is 6.26 Å². The number of aromatic nitrogens is 2. The van der Waals surface area contributed by atoms with Crippen LogP contribution < -0.4 is 5.56 Å². The number of rotatable bonds is 2. The van der Waals surface area contributed by atoms with E-state index >= 15 is 0 Å². The number of hydrogen-bond donors (Lipinski definition) is 1. The normalized spacial score (nSPS) is 10.0. The standard InChI is InChI=1S/C6H7N3O3S/c1-3-4(9(11)12)5(10)8-6(7-3)13-2/h1-2H3,(H,7,8,10). The van der Waals surface area contributed by atoms with Gasteiger partial charge < -0.3 is 0 Å². The van der Waals surface area contributed by atoms with Crippen LogP contribution in [0.15, 0.2) is 9.95 Å². The second-order valence-corrected chi connectivity index (χ2v) is 3.06. The molecule has 0 fully saturated rings. The van der Waals surface area contributed by atoms with Gasteiger partial charge in [0.15, 0.2) is 5.16 Å². The van der Waals surface area contributed by atoms with Crippen LogP contribution in [-0.2, 0) is 0 Å². The molecule has 0 aliphatic rings. The Hall–Kier alpha value is -1.37. The molecule has 7 heteroatoms. The van der Waals surface area contributed by atoms with Gasteiger partial charge in [0.1, 0.15) is 5.69 Å². The van der Waals surface area contributed by atoms with Gasteiger partial charge in [-0.1, -0.05) is 11.8 Å². The molecule has 0 unspecified atom stereocenters. The van der Waals surface area contributed by atoms with Crippen LogP contribution in [0.5, 0.6) is 0 Å². The van der Waals surface area contributed by atoms with E-state index in [-0.39, 0.29) is 5.69 Å². The van der Waals surface area contributed by atoms with Crippen LogP contribution in [0.4, 0.5) is 5.69 Å². The molecule has 1 aromatic heterocycles. The molecule has 6 nitrogen and oxygen atoms in total. The first-order valence-corrected chi connectivity index (χ1v) is 4.58. The topological polar surface area (TPSA) is 88.9 Å². The molecule has 0 saturated heterocycles. The number of thioether (sulfide) groups is 1. The van der Waals surface area contributed by atoms with Gasteiger partial charge in [-0.3, -0.25) is 19.9 Å². The van der Waals surface area contributed by atoms with Crippen molar-refractivity contribution in [1.29, 1.82) is 0 Å². The van der Waals surface area contributed by atoms with Gasteiger partial charge in [0.25, 0.3) is 0 Å². The zero-order valence-corrected chi connectivity index (χ0v) is 7.84. The van der Waals surface area contributed by atoms with Crippen molar-refractivity contribution in [2.45, 2.75) is 12.1 Å². The molecular formula is C6H7N3O3S. The smallest absolute Gasteiger partial charge is 0.296 e. The highest BCUT2D eigenvalue weighted by Gasteiger charge is 2.18. The summed E-state index contributed by atoms with van der Waals surface area (Å²) in [6, 6.07) is 0. The summed E-state index contributed by atoms with van der Waals surface area (Å²) in [5, 5.41) is 10.8. The van der Waals surface area contributed by atoms with Crippen molar-refractivity contribution < 1.29 is 4.92 Å². The third-order valence-corrected chi connectivity index (χ3v) is 2.00. The molecule has 0 spiro atoms. The third kappa shape index (κ3) is 1.86. The summed E-state index contributed by atoms with van der Waals surface area (Å²) in [5.74, 6) is 0. The Labute approximate surface area is 77.5 Å². The molecular weight excluding hydrogens is 194 g/mol. The fourth-order valence-corrected chi connectivity index (χ4v) is 1.29. The first-order chi connectivity index (χ1) is 6.06. The minimum absolute atomic E-state index is 0.137. The lowest BCUT2D eigenvalue weighted by Crippen LogP contribution is -2.15. The number of aromatic amines is 1. The zero-order chi connectivity index (χ0) is 10.0. The molecule has 0 radical (unpaired) electrons. The summed E-state index contributed by atoms with van der Waals surface area (Å²) in [7, 11) is 0. The van der Waals surface area contributed by atoms with E-state index in [1.807, 2.05) is 0 Å². The minimum Gasteiger partial charge on any atom is -0.296 e. The summed E-state index contributed by atoms with van der Waals surface area (Å²) in [4.78, 5) is 26.9. The summed E-state index contributed by atoms with van der Waals surface area (Å²) >= 11 is 1.23. The van der Waals surface area contributed by atoms with Crippen LogP contribution in [0.25, 0.3) is 0 Å². The van der Waals surface area contributed by atoms with Gasteiger partial charge >= 0.3 is 11.2 Å². The van der Waals surface area contributed by atoms with E-state index in [0.29, 0.717) is 5.16 Å². The average molecular weight is 201 g/mol. The quantitative estimate of drug-likeness (QED) is 0.329. The van der Waals surface area contributed by atoms with Crippen molar-refractivity contribution in [3.8, 4) is 0 Å². The monoisotopic (exact) mass is 201 g/mol. The predicted molar refractivity (Wildman–Crippen MR) is 48.0 cm³/mol. The number of H-pyrrole nitrogens is 1. The molecule has 0 amide bonds. The summed E-state index contributed by atoms with van der Waals surface area (Å²) in [6.45, 7) is 1.44. The van der Waals surface area contributed by atoms with E-state index in [4.69, 9.17) is 0 Å². The molecule has 1 heterocycles. The molecule has 0 aliphatic heterocycles. The van der Waals surface area contributed by atoms with Crippen molar-refractivity contribution in [2.24, 2.45) is 0 Å². The minimum atomic E-state index is -0.731. The maximum absolute atomic E-state index is 11.1. The average Bonchev–Trinajstić information content (AvgIpc) is 2.02. The van der Waals surface area contributed by atoms with Crippen molar-refractivity contribution in [1.82, 2.24) is 9.97 Å². The number of nitrogens with zero attached hydrogens (tertiary/aromatic N) is 2. The Morgan fingerprint density at radius 2 is 2.23 bits per heavy atom. The Morgan fingerprint density at radius 3 is 2.62 bits per heavy atom. The van der Waals surface area contributed by atoms with E-state index in [2.05, 4.69) is 9.97 Å². The largest absolute Gasteiger partial charge is 0.354 e. The van der Waals surface area contributed by atoms with Crippen molar-refractivity contribution >= 4 is 17.4 Å². The lowest BCUT2D eigenvalue weighted by atomic mass is 10.4. The van der Waals surface area contributed by atoms with Gasteiger partial charge in [-0.15, -0.1) is 0 Å². The Kier molecular flexibility index (Phi) is 2.66. The molecule has 0 bridgehead atoms. The van der Waals surface area contributed by atoms with Crippen LogP contribution in [-0.4, -0.2) is 21.1 Å². The van der Waals surface area contributed by atoms with E-state index < -0.39 is 16.2 Å². The Bertz CT molecular complexity index is 401. The van der Waals surface area contributed by atoms with Gasteiger partial charge in [0.05, 0.1) is 4.92 Å². The molecule has 1 N–H and O–H groups in total. The fraction of sp³-hybridized carbons (Fsp3) is 0.333. The summed E-state index contributed by atoms with van der Waals surface area (Å²) in [6.07, 6.45) is 1.73. The number of nitro groups is 1. The van der Waals surface area contributed by atoms with Crippen molar-refractivity contribution in [3.63, 3.8) is 0 Å². The molecule has 70 valence electrons. The number of nitrogens with one attached hydrogen (secondary N) is 1. The van der Waals surface area contributed by atoms with Crippen LogP contribution in [0.1, 0.15) is 5.69 Å². The van der Waals surface area contributed by atoms with Gasteiger partial charge in [0.2, 0.25) is 0 Å². The predicted octanol–water partition coefficient (Wildman–Crippen LogP) is 0.708. The first kappa shape index (κ1) is 9.72. The van der Waals surface area contributed by atoms with Crippen molar-refractivity contribution in [3.05, 3.63) is 26.2 Å². The molecule has 1 rings (SSSR count).